The summed E-state index contributed by atoms with van der Waals surface area (Å²) in [6.45, 7) is 3.80. The number of amides is 4. The maximum Gasteiger partial charge on any atom is 0.328 e. The number of imide groups is 1. The number of para-hydroxylation sites is 1. The van der Waals surface area contributed by atoms with Crippen LogP contribution in [0.25, 0.3) is 6.08 Å². The van der Waals surface area contributed by atoms with Gasteiger partial charge in [0.05, 0.1) is 0 Å². The van der Waals surface area contributed by atoms with Crippen molar-refractivity contribution in [3.63, 3.8) is 0 Å². The van der Waals surface area contributed by atoms with E-state index in [0.717, 1.165) is 10.5 Å². The van der Waals surface area contributed by atoms with Gasteiger partial charge in [-0.05, 0) is 38.1 Å². The highest BCUT2D eigenvalue weighted by Gasteiger charge is 2.32. The number of urea groups is 1. The molecule has 0 aromatic heterocycles. The van der Waals surface area contributed by atoms with Crippen molar-refractivity contribution in [2.75, 3.05) is 18.5 Å². The van der Waals surface area contributed by atoms with Crippen LogP contribution in [-0.4, -0.2) is 35.9 Å². The summed E-state index contributed by atoms with van der Waals surface area (Å²) < 4.78 is 5.63. The van der Waals surface area contributed by atoms with Crippen molar-refractivity contribution in [1.82, 2.24) is 10.2 Å². The van der Waals surface area contributed by atoms with Gasteiger partial charge in [0.15, 0.2) is 6.61 Å². The third-order valence-corrected chi connectivity index (χ3v) is 4.19. The molecule has 3 rings (SSSR count). The average molecular weight is 379 g/mol. The van der Waals surface area contributed by atoms with E-state index >= 15 is 0 Å². The monoisotopic (exact) mass is 379 g/mol. The Balaban J connectivity index is 1.68. The molecule has 1 heterocycles. The molecule has 2 aromatic carbocycles. The van der Waals surface area contributed by atoms with Crippen LogP contribution in [0.15, 0.2) is 54.2 Å². The number of carbonyl (C=O) groups excluding carboxylic acids is 3. The fraction of sp³-hybridized carbons (Fsp3) is 0.190. The summed E-state index contributed by atoms with van der Waals surface area (Å²) >= 11 is 0. The summed E-state index contributed by atoms with van der Waals surface area (Å²) in [5.74, 6) is -0.251. The highest BCUT2D eigenvalue weighted by Crippen LogP contribution is 2.22. The maximum atomic E-state index is 12.2. The van der Waals surface area contributed by atoms with Crippen LogP contribution in [0.1, 0.15) is 18.1 Å². The largest absolute Gasteiger partial charge is 0.483 e. The molecule has 1 saturated heterocycles. The van der Waals surface area contributed by atoms with E-state index in [1.165, 1.54) is 0 Å². The van der Waals surface area contributed by atoms with Crippen LogP contribution < -0.4 is 15.4 Å². The maximum absolute atomic E-state index is 12.2. The van der Waals surface area contributed by atoms with E-state index in [1.807, 2.05) is 31.2 Å². The van der Waals surface area contributed by atoms with Crippen molar-refractivity contribution < 1.29 is 19.1 Å². The number of hydrogen-bond acceptors (Lipinski definition) is 4. The summed E-state index contributed by atoms with van der Waals surface area (Å²) in [5, 5.41) is 5.31. The van der Waals surface area contributed by atoms with Gasteiger partial charge in [0.1, 0.15) is 11.4 Å². The Labute approximate surface area is 163 Å². The van der Waals surface area contributed by atoms with E-state index in [1.54, 1.807) is 37.3 Å². The lowest BCUT2D eigenvalue weighted by molar-refractivity contribution is -0.122. The number of likely N-dealkylation sites (N-methyl/N-ethyl adjacent to an activating group) is 1. The number of aryl methyl sites for hydroxylation is 1. The Morgan fingerprint density at radius 2 is 1.86 bits per heavy atom. The lowest BCUT2D eigenvalue weighted by atomic mass is 10.1. The summed E-state index contributed by atoms with van der Waals surface area (Å²) in [7, 11) is 0. The van der Waals surface area contributed by atoms with E-state index in [2.05, 4.69) is 10.6 Å². The van der Waals surface area contributed by atoms with Crippen molar-refractivity contribution >= 4 is 29.6 Å². The Morgan fingerprint density at radius 1 is 1.14 bits per heavy atom. The molecule has 1 fully saturated rings. The van der Waals surface area contributed by atoms with Gasteiger partial charge in [0.2, 0.25) is 0 Å². The molecule has 2 aromatic rings. The number of anilines is 1. The molecular formula is C21H21N3O4. The molecule has 0 spiro atoms. The standard InChI is InChI=1S/C21H21N3O4/c1-3-24-20(26)17(23-21(24)27)12-15-6-4-5-7-18(15)28-13-19(25)22-16-10-8-14(2)9-11-16/h4-12H,3,13H2,1-2H3,(H,22,25)(H,23,27)/b17-12+. The van der Waals surface area contributed by atoms with Gasteiger partial charge >= 0.3 is 6.03 Å². The molecule has 0 atom stereocenters. The first-order valence-electron chi connectivity index (χ1n) is 8.91. The van der Waals surface area contributed by atoms with Crippen molar-refractivity contribution in [2.24, 2.45) is 0 Å². The number of nitrogens with zero attached hydrogens (tertiary/aromatic N) is 1. The smallest absolute Gasteiger partial charge is 0.328 e. The minimum absolute atomic E-state index is 0.173. The lowest BCUT2D eigenvalue weighted by Crippen LogP contribution is -2.30. The minimum Gasteiger partial charge on any atom is -0.483 e. The van der Waals surface area contributed by atoms with Crippen LogP contribution in [0.5, 0.6) is 5.75 Å². The second-order valence-electron chi connectivity index (χ2n) is 6.28. The first kappa shape index (κ1) is 19.2. The van der Waals surface area contributed by atoms with E-state index in [4.69, 9.17) is 4.74 Å². The highest BCUT2D eigenvalue weighted by molar-refractivity contribution is 6.14. The second-order valence-corrected chi connectivity index (χ2v) is 6.28. The molecule has 0 aliphatic carbocycles. The molecule has 0 bridgehead atoms. The molecule has 28 heavy (non-hydrogen) atoms. The summed E-state index contributed by atoms with van der Waals surface area (Å²) in [5.41, 5.74) is 2.55. The van der Waals surface area contributed by atoms with Crippen LogP contribution in [-0.2, 0) is 9.59 Å². The minimum atomic E-state index is -0.449. The van der Waals surface area contributed by atoms with Crippen LogP contribution in [0.3, 0.4) is 0 Å². The number of hydrogen-bond donors (Lipinski definition) is 2. The highest BCUT2D eigenvalue weighted by atomic mass is 16.5. The second kappa shape index (κ2) is 8.39. The number of nitrogens with one attached hydrogen (secondary N) is 2. The first-order valence-corrected chi connectivity index (χ1v) is 8.91. The number of rotatable bonds is 6. The third-order valence-electron chi connectivity index (χ3n) is 4.19. The Morgan fingerprint density at radius 3 is 2.54 bits per heavy atom. The van der Waals surface area contributed by atoms with Gasteiger partial charge in [-0.3, -0.25) is 14.5 Å². The molecule has 7 heteroatoms. The quantitative estimate of drug-likeness (QED) is 0.597. The van der Waals surface area contributed by atoms with E-state index < -0.39 is 6.03 Å². The summed E-state index contributed by atoms with van der Waals surface area (Å²) in [6.07, 6.45) is 1.54. The Kier molecular flexibility index (Phi) is 5.74. The van der Waals surface area contributed by atoms with Gasteiger partial charge in [-0.2, -0.15) is 0 Å². The van der Waals surface area contributed by atoms with Gasteiger partial charge in [0, 0.05) is 17.8 Å². The normalized spacial score (nSPS) is 14.9. The van der Waals surface area contributed by atoms with Crippen LogP contribution >= 0.6 is 0 Å². The molecule has 4 amide bonds. The fourth-order valence-electron chi connectivity index (χ4n) is 2.72. The number of ether oxygens (including phenoxy) is 1. The fourth-order valence-corrected chi connectivity index (χ4v) is 2.72. The predicted octanol–water partition coefficient (Wildman–Crippen LogP) is 2.93. The van der Waals surface area contributed by atoms with E-state index in [-0.39, 0.29) is 24.1 Å². The van der Waals surface area contributed by atoms with Gasteiger partial charge in [-0.25, -0.2) is 4.79 Å². The van der Waals surface area contributed by atoms with E-state index in [0.29, 0.717) is 23.5 Å². The van der Waals surface area contributed by atoms with Crippen molar-refractivity contribution in [3.8, 4) is 5.75 Å². The summed E-state index contributed by atoms with van der Waals surface area (Å²) in [4.78, 5) is 37.3. The van der Waals surface area contributed by atoms with E-state index in [9.17, 15) is 14.4 Å². The molecule has 1 aliphatic heterocycles. The zero-order chi connectivity index (χ0) is 20.1. The SMILES string of the molecule is CCN1C(=O)N/C(=C/c2ccccc2OCC(=O)Nc2ccc(C)cc2)C1=O. The van der Waals surface area contributed by atoms with Crippen LogP contribution in [0.2, 0.25) is 0 Å². The predicted molar refractivity (Wildman–Crippen MR) is 106 cm³/mol. The molecular weight excluding hydrogens is 358 g/mol. The van der Waals surface area contributed by atoms with Gasteiger partial charge in [-0.15, -0.1) is 0 Å². The average Bonchev–Trinajstić information content (AvgIpc) is 2.95. The van der Waals surface area contributed by atoms with Gasteiger partial charge in [-0.1, -0.05) is 35.9 Å². The topological polar surface area (TPSA) is 87.7 Å². The zero-order valence-corrected chi connectivity index (χ0v) is 15.7. The lowest BCUT2D eigenvalue weighted by Gasteiger charge is -2.10. The van der Waals surface area contributed by atoms with Crippen molar-refractivity contribution in [1.29, 1.82) is 0 Å². The molecule has 0 unspecified atom stereocenters. The molecule has 7 nitrogen and oxygen atoms in total. The van der Waals surface area contributed by atoms with Gasteiger partial charge < -0.3 is 15.4 Å². The number of benzene rings is 2. The first-order chi connectivity index (χ1) is 13.5. The molecule has 144 valence electrons. The Bertz CT molecular complexity index is 935. The van der Waals surface area contributed by atoms with Crippen LogP contribution in [0.4, 0.5) is 10.5 Å². The van der Waals surface area contributed by atoms with Crippen molar-refractivity contribution in [2.45, 2.75) is 13.8 Å². The molecule has 1 aliphatic rings. The zero-order valence-electron chi connectivity index (χ0n) is 15.7. The van der Waals surface area contributed by atoms with Gasteiger partial charge in [0.25, 0.3) is 11.8 Å². The van der Waals surface area contributed by atoms with Crippen LogP contribution in [0, 0.1) is 6.92 Å². The Hall–Kier alpha value is -3.61. The molecule has 0 saturated carbocycles. The molecule has 0 radical (unpaired) electrons. The third kappa shape index (κ3) is 4.37. The number of carbonyl (C=O) groups is 3. The summed E-state index contributed by atoms with van der Waals surface area (Å²) in [6, 6.07) is 14.0. The van der Waals surface area contributed by atoms with Crippen molar-refractivity contribution in [3.05, 3.63) is 65.4 Å². The molecule has 2 N–H and O–H groups in total.